The monoisotopic (exact) mass is 297 g/mol. The highest BCUT2D eigenvalue weighted by molar-refractivity contribution is 6.31. The second kappa shape index (κ2) is 5.89. The third-order valence-electron chi connectivity index (χ3n) is 3.84. The summed E-state index contributed by atoms with van der Waals surface area (Å²) in [5.74, 6) is 0.0846. The number of oxime groups is 1. The van der Waals surface area contributed by atoms with Crippen LogP contribution >= 0.6 is 11.6 Å². The Labute approximate surface area is 124 Å². The van der Waals surface area contributed by atoms with E-state index in [0.29, 0.717) is 10.6 Å². The Morgan fingerprint density at radius 1 is 1.55 bits per heavy atom. The summed E-state index contributed by atoms with van der Waals surface area (Å²) < 4.78 is 5.60. The summed E-state index contributed by atoms with van der Waals surface area (Å²) in [6.45, 7) is 3.73. The number of ether oxygens (including phenoxy) is 1. The first-order chi connectivity index (χ1) is 9.49. The fourth-order valence-corrected chi connectivity index (χ4v) is 2.78. The van der Waals surface area contributed by atoms with Crippen molar-refractivity contribution in [2.75, 3.05) is 25.1 Å². The fourth-order valence-electron chi connectivity index (χ4n) is 2.61. The summed E-state index contributed by atoms with van der Waals surface area (Å²) in [5, 5.41) is 12.6. The molecule has 0 radical (unpaired) electrons. The van der Waals surface area contributed by atoms with Crippen molar-refractivity contribution in [1.29, 1.82) is 0 Å². The van der Waals surface area contributed by atoms with Crippen molar-refractivity contribution in [2.45, 2.75) is 25.4 Å². The van der Waals surface area contributed by atoms with Gasteiger partial charge in [0.25, 0.3) is 0 Å². The van der Waals surface area contributed by atoms with Gasteiger partial charge in [-0.3, -0.25) is 0 Å². The number of nitrogens with zero attached hydrogens (tertiary/aromatic N) is 2. The molecule has 5 nitrogen and oxygen atoms in total. The number of anilines is 1. The molecule has 3 N–H and O–H groups in total. The molecule has 0 bridgehead atoms. The van der Waals surface area contributed by atoms with E-state index < -0.39 is 0 Å². The number of halogens is 1. The third-order valence-corrected chi connectivity index (χ3v) is 4.07. The molecule has 6 heteroatoms. The van der Waals surface area contributed by atoms with Gasteiger partial charge < -0.3 is 20.6 Å². The van der Waals surface area contributed by atoms with Gasteiger partial charge in [-0.15, -0.1) is 0 Å². The first-order valence-electron chi connectivity index (χ1n) is 6.56. The highest BCUT2D eigenvalue weighted by Crippen LogP contribution is 2.31. The van der Waals surface area contributed by atoms with Crippen LogP contribution in [0.2, 0.25) is 5.02 Å². The average molecular weight is 298 g/mol. The maximum atomic E-state index is 8.92. The van der Waals surface area contributed by atoms with Crippen LogP contribution in [0.5, 0.6) is 0 Å². The van der Waals surface area contributed by atoms with Gasteiger partial charge in [0.15, 0.2) is 5.84 Å². The molecule has 1 aliphatic rings. The molecule has 0 amide bonds. The predicted octanol–water partition coefficient (Wildman–Crippen LogP) is 2.44. The Bertz CT molecular complexity index is 521. The van der Waals surface area contributed by atoms with Crippen molar-refractivity contribution in [2.24, 2.45) is 10.9 Å². The third kappa shape index (κ3) is 2.99. The van der Waals surface area contributed by atoms with Crippen LogP contribution in [0.4, 0.5) is 5.69 Å². The number of piperidine rings is 1. The molecule has 1 saturated heterocycles. The van der Waals surface area contributed by atoms with Gasteiger partial charge in [-0.1, -0.05) is 16.8 Å². The van der Waals surface area contributed by atoms with Crippen molar-refractivity contribution < 1.29 is 9.94 Å². The topological polar surface area (TPSA) is 71.1 Å². The molecule has 1 heterocycles. The second-order valence-corrected chi connectivity index (χ2v) is 5.76. The van der Waals surface area contributed by atoms with Gasteiger partial charge >= 0.3 is 0 Å². The molecule has 2 rings (SSSR count). The number of nitrogens with two attached hydrogens (primary N) is 1. The van der Waals surface area contributed by atoms with Crippen molar-refractivity contribution >= 4 is 23.1 Å². The van der Waals surface area contributed by atoms with E-state index in [2.05, 4.69) is 17.0 Å². The number of hydrogen-bond acceptors (Lipinski definition) is 4. The first kappa shape index (κ1) is 14.9. The van der Waals surface area contributed by atoms with Crippen molar-refractivity contribution in [1.82, 2.24) is 0 Å². The zero-order chi connectivity index (χ0) is 14.8. The van der Waals surface area contributed by atoms with Crippen molar-refractivity contribution in [3.63, 3.8) is 0 Å². The molecule has 1 aromatic rings. The highest BCUT2D eigenvalue weighted by Gasteiger charge is 2.32. The maximum Gasteiger partial charge on any atom is 0.172 e. The number of amidine groups is 1. The summed E-state index contributed by atoms with van der Waals surface area (Å²) >= 11 is 6.09. The van der Waals surface area contributed by atoms with Crippen LogP contribution in [0.3, 0.4) is 0 Å². The van der Waals surface area contributed by atoms with E-state index in [1.807, 2.05) is 6.07 Å². The minimum atomic E-state index is -0.192. The van der Waals surface area contributed by atoms with Crippen LogP contribution < -0.4 is 10.6 Å². The molecule has 110 valence electrons. The zero-order valence-electron chi connectivity index (χ0n) is 11.8. The van der Waals surface area contributed by atoms with E-state index in [1.165, 1.54) is 0 Å². The summed E-state index contributed by atoms with van der Waals surface area (Å²) in [6, 6.07) is 5.35. The van der Waals surface area contributed by atoms with E-state index in [9.17, 15) is 0 Å². The molecule has 0 spiro atoms. The van der Waals surface area contributed by atoms with Crippen LogP contribution in [0.15, 0.2) is 23.4 Å². The van der Waals surface area contributed by atoms with Crippen LogP contribution in [0.1, 0.15) is 25.3 Å². The quantitative estimate of drug-likeness (QED) is 0.389. The van der Waals surface area contributed by atoms with Gasteiger partial charge in [0.1, 0.15) is 0 Å². The SMILES string of the molecule is COC1(C)CCCN(c2cc(Cl)ccc2/C(N)=N/O)C1. The maximum absolute atomic E-state index is 8.92. The molecule has 0 aromatic heterocycles. The van der Waals surface area contributed by atoms with E-state index in [1.54, 1.807) is 19.2 Å². The largest absolute Gasteiger partial charge is 0.409 e. The zero-order valence-corrected chi connectivity index (χ0v) is 12.5. The second-order valence-electron chi connectivity index (χ2n) is 5.33. The summed E-state index contributed by atoms with van der Waals surface area (Å²) in [4.78, 5) is 2.17. The lowest BCUT2D eigenvalue weighted by Crippen LogP contribution is -2.48. The number of hydrogen-bond donors (Lipinski definition) is 2. The molecular weight excluding hydrogens is 278 g/mol. The van der Waals surface area contributed by atoms with Gasteiger partial charge in [-0.25, -0.2) is 0 Å². The van der Waals surface area contributed by atoms with E-state index in [4.69, 9.17) is 27.3 Å². The molecule has 0 saturated carbocycles. The van der Waals surface area contributed by atoms with Crippen molar-refractivity contribution in [3.8, 4) is 0 Å². The minimum absolute atomic E-state index is 0.0846. The molecule has 1 unspecified atom stereocenters. The van der Waals surface area contributed by atoms with Gasteiger partial charge in [0.2, 0.25) is 0 Å². The Morgan fingerprint density at radius 3 is 2.95 bits per heavy atom. The lowest BCUT2D eigenvalue weighted by atomic mass is 9.93. The van der Waals surface area contributed by atoms with Gasteiger partial charge in [-0.2, -0.15) is 0 Å². The highest BCUT2D eigenvalue weighted by atomic mass is 35.5. The molecule has 1 fully saturated rings. The molecular formula is C14H20ClN3O2. The molecule has 1 atom stereocenters. The van der Waals surface area contributed by atoms with Crippen LogP contribution in [0, 0.1) is 0 Å². The first-order valence-corrected chi connectivity index (χ1v) is 6.94. The number of benzene rings is 1. The smallest absolute Gasteiger partial charge is 0.172 e. The van der Waals surface area contributed by atoms with Crippen LogP contribution in [0.25, 0.3) is 0 Å². The molecule has 20 heavy (non-hydrogen) atoms. The number of rotatable bonds is 3. The number of methoxy groups -OCH3 is 1. The van der Waals surface area contributed by atoms with Crippen LogP contribution in [-0.2, 0) is 4.74 Å². The normalized spacial score (nSPS) is 23.9. The average Bonchev–Trinajstić information content (AvgIpc) is 2.46. The Balaban J connectivity index is 2.38. The summed E-state index contributed by atoms with van der Waals surface area (Å²) in [6.07, 6.45) is 2.03. The molecule has 1 aliphatic heterocycles. The Kier molecular flexibility index (Phi) is 4.40. The Morgan fingerprint density at radius 2 is 2.30 bits per heavy atom. The Hall–Kier alpha value is -1.46. The van der Waals surface area contributed by atoms with E-state index in [-0.39, 0.29) is 11.4 Å². The van der Waals surface area contributed by atoms with E-state index >= 15 is 0 Å². The fraction of sp³-hybridized carbons (Fsp3) is 0.500. The minimum Gasteiger partial charge on any atom is -0.409 e. The summed E-state index contributed by atoms with van der Waals surface area (Å²) in [5.41, 5.74) is 7.11. The standard InChI is InChI=1S/C14H20ClN3O2/c1-14(20-2)6-3-7-18(9-14)12-8-10(15)4-5-11(12)13(16)17-19/h4-5,8,19H,3,6-7,9H2,1-2H3,(H2,16,17). The molecule has 1 aromatic carbocycles. The van der Waals surface area contributed by atoms with Crippen LogP contribution in [-0.4, -0.2) is 36.8 Å². The molecule has 0 aliphatic carbocycles. The van der Waals surface area contributed by atoms with Gasteiger partial charge in [0, 0.05) is 36.5 Å². The van der Waals surface area contributed by atoms with Gasteiger partial charge in [-0.05, 0) is 38.0 Å². The lowest BCUT2D eigenvalue weighted by molar-refractivity contribution is -0.00465. The predicted molar refractivity (Wildman–Crippen MR) is 80.8 cm³/mol. The van der Waals surface area contributed by atoms with E-state index in [0.717, 1.165) is 31.6 Å². The van der Waals surface area contributed by atoms with Crippen molar-refractivity contribution in [3.05, 3.63) is 28.8 Å². The van der Waals surface area contributed by atoms with Gasteiger partial charge in [0.05, 0.1) is 5.60 Å². The summed E-state index contributed by atoms with van der Waals surface area (Å²) in [7, 11) is 1.73. The lowest BCUT2D eigenvalue weighted by Gasteiger charge is -2.41.